The Balaban J connectivity index is -0.000000121. The van der Waals surface area contributed by atoms with Crippen molar-refractivity contribution in [3.05, 3.63) is 48.7 Å². The van der Waals surface area contributed by atoms with Crippen LogP contribution in [-0.2, 0) is 4.79 Å². The third-order valence-corrected chi connectivity index (χ3v) is 2.14. The Kier molecular flexibility index (Phi) is 45.0. The topological polar surface area (TPSA) is 38.3 Å². The summed E-state index contributed by atoms with van der Waals surface area (Å²) in [5.74, 6) is 4.65. The Bertz CT molecular complexity index is 435. The van der Waals surface area contributed by atoms with E-state index in [4.69, 9.17) is 16.3 Å². The molecule has 0 heterocycles. The van der Waals surface area contributed by atoms with E-state index < -0.39 is 0 Å². The standard InChI is InChI=1S/C11H10ClNO2.C3H6.CHS.3K/c1-13-10-7-11(15-2)9(12)6-8(10)4-3-5-14;1-3-2;1-2;;;/h3,6-7,13H,1-2H3;1-3H2;1H;;;/q2*-2;-1;3*+1. The van der Waals surface area contributed by atoms with Crippen molar-refractivity contribution in [1.29, 1.82) is 0 Å². The van der Waals surface area contributed by atoms with E-state index in [-0.39, 0.29) is 154 Å². The van der Waals surface area contributed by atoms with Crippen molar-refractivity contribution in [1.82, 2.24) is 0 Å². The molecule has 0 atom stereocenters. The number of rotatable bonds is 4. The summed E-state index contributed by atoms with van der Waals surface area (Å²) in [5, 5.41) is 3.43. The zero-order chi connectivity index (χ0) is 16.0. The number of nitrogens with one attached hydrogen (secondary N) is 1. The summed E-state index contributed by atoms with van der Waals surface area (Å²) < 4.78 is 5.06. The van der Waals surface area contributed by atoms with Crippen LogP contribution in [0.15, 0.2) is 18.2 Å². The molecule has 0 bridgehead atoms. The van der Waals surface area contributed by atoms with E-state index in [0.29, 0.717) is 16.3 Å². The summed E-state index contributed by atoms with van der Waals surface area (Å²) >= 11 is 9.52. The Labute approximate surface area is 278 Å². The van der Waals surface area contributed by atoms with Gasteiger partial charge in [-0.25, -0.2) is 6.08 Å². The molecule has 0 radical (unpaired) electrons. The van der Waals surface area contributed by atoms with E-state index in [1.54, 1.807) is 32.6 Å². The molecule has 0 aliphatic carbocycles. The summed E-state index contributed by atoms with van der Waals surface area (Å²) in [6, 6.07) is 3.41. The molecule has 23 heavy (non-hydrogen) atoms. The Morgan fingerprint density at radius 2 is 1.83 bits per heavy atom. The van der Waals surface area contributed by atoms with Crippen LogP contribution in [0.2, 0.25) is 5.02 Å². The first kappa shape index (κ1) is 37.3. The van der Waals surface area contributed by atoms with Gasteiger partial charge in [0.05, 0.1) is 7.11 Å². The van der Waals surface area contributed by atoms with Crippen molar-refractivity contribution >= 4 is 41.7 Å². The van der Waals surface area contributed by atoms with Gasteiger partial charge in [0.25, 0.3) is 0 Å². The Hall–Kier alpha value is 3.52. The molecule has 0 fully saturated rings. The van der Waals surface area contributed by atoms with Crippen LogP contribution in [-0.4, -0.2) is 26.3 Å². The van der Waals surface area contributed by atoms with E-state index >= 15 is 0 Å². The van der Waals surface area contributed by atoms with Crippen molar-refractivity contribution in [2.24, 2.45) is 0 Å². The van der Waals surface area contributed by atoms with Crippen LogP contribution in [0.5, 0.6) is 5.75 Å². The van der Waals surface area contributed by atoms with Crippen LogP contribution in [0.25, 0.3) is 0 Å². The molecule has 0 saturated heterocycles. The summed E-state index contributed by atoms with van der Waals surface area (Å²) in [4.78, 5) is 10.1. The van der Waals surface area contributed by atoms with Gasteiger partial charge < -0.3 is 53.2 Å². The fraction of sp³-hybridized carbons (Fsp3) is 0.200. The molecule has 0 aliphatic rings. The van der Waals surface area contributed by atoms with Gasteiger partial charge in [-0.05, 0) is 18.4 Å². The van der Waals surface area contributed by atoms with E-state index in [9.17, 15) is 4.79 Å². The molecule has 0 unspecified atom stereocenters. The monoisotopic (exact) mass is 427 g/mol. The maximum absolute atomic E-state index is 10.1. The molecule has 1 rings (SSSR count). The SMILES string of the molecule is CNc1cc(OC)c(Cl)cc1[C-]=C[C-]=O.[CH-]=S.[CH2-]C[CH2-].[K+].[K+].[K+]. The minimum atomic E-state index is 0. The third kappa shape index (κ3) is 18.6. The van der Waals surface area contributed by atoms with E-state index in [1.165, 1.54) is 6.08 Å². The second-order valence-electron chi connectivity index (χ2n) is 3.04. The molecule has 8 heteroatoms. The number of carbonyl (C=O) groups excluding carboxylic acids is 1. The second-order valence-corrected chi connectivity index (χ2v) is 3.45. The van der Waals surface area contributed by atoms with Gasteiger partial charge in [0, 0.05) is 0 Å². The van der Waals surface area contributed by atoms with Gasteiger partial charge in [0.15, 0.2) is 0 Å². The molecule has 0 aliphatic heterocycles. The predicted molar refractivity (Wildman–Crippen MR) is 89.1 cm³/mol. The smallest absolute Gasteiger partial charge is 0.498 e. The van der Waals surface area contributed by atoms with Gasteiger partial charge in [-0.2, -0.15) is 6.07 Å². The van der Waals surface area contributed by atoms with Gasteiger partial charge in [-0.1, -0.05) is 6.07 Å². The maximum Gasteiger partial charge on any atom is 1.00 e. The molecule has 112 valence electrons. The largest absolute Gasteiger partial charge is 1.00 e. The molecule has 0 aromatic heterocycles. The summed E-state index contributed by atoms with van der Waals surface area (Å²) in [5.41, 5.74) is 1.47. The Morgan fingerprint density at radius 1 is 1.35 bits per heavy atom. The molecular weight excluding hydrogens is 411 g/mol. The van der Waals surface area contributed by atoms with Crippen LogP contribution in [0, 0.1) is 19.9 Å². The summed E-state index contributed by atoms with van der Waals surface area (Å²) in [6.07, 6.45) is 6.30. The maximum atomic E-state index is 10.1. The minimum absolute atomic E-state index is 0. The number of benzene rings is 1. The van der Waals surface area contributed by atoms with Gasteiger partial charge in [0.2, 0.25) is 0 Å². The van der Waals surface area contributed by atoms with Crippen LogP contribution < -0.4 is 164 Å². The fourth-order valence-electron chi connectivity index (χ4n) is 1.14. The summed E-state index contributed by atoms with van der Waals surface area (Å²) in [7, 11) is 3.30. The van der Waals surface area contributed by atoms with Crippen LogP contribution in [0.1, 0.15) is 12.0 Å². The second kappa shape index (κ2) is 27.7. The van der Waals surface area contributed by atoms with Crippen molar-refractivity contribution in [3.8, 4) is 5.75 Å². The van der Waals surface area contributed by atoms with Crippen LogP contribution in [0.4, 0.5) is 5.69 Å². The average Bonchev–Trinajstić information content (AvgIpc) is 2.48. The van der Waals surface area contributed by atoms with Gasteiger partial charge in [-0.3, -0.25) is 11.6 Å². The molecule has 0 saturated carbocycles. The number of anilines is 1. The number of methoxy groups -OCH3 is 1. The molecule has 1 aromatic rings. The predicted octanol–water partition coefficient (Wildman–Crippen LogP) is -5.24. The fourth-order valence-corrected chi connectivity index (χ4v) is 1.38. The Morgan fingerprint density at radius 3 is 2.17 bits per heavy atom. The van der Waals surface area contributed by atoms with Crippen LogP contribution >= 0.6 is 23.8 Å². The van der Waals surface area contributed by atoms with E-state index in [2.05, 4.69) is 43.3 Å². The molecule has 1 N–H and O–H groups in total. The van der Waals surface area contributed by atoms with E-state index in [0.717, 1.165) is 12.1 Å². The van der Waals surface area contributed by atoms with Crippen molar-refractivity contribution in [2.45, 2.75) is 6.42 Å². The van der Waals surface area contributed by atoms with E-state index in [1.807, 2.05) is 0 Å². The molecular formula is C15H17ClK3NO2S-2. The molecule has 0 amide bonds. The number of hydrogen-bond donors (Lipinski definition) is 1. The zero-order valence-corrected chi connectivity index (χ0v) is 25.5. The normalized spacial score (nSPS) is 7.70. The number of allylic oxidation sites excluding steroid dienone is 1. The number of thiocarbonyl (C=S) groups is 1. The average molecular weight is 428 g/mol. The number of ether oxygens (including phenoxy) is 1. The number of halogens is 1. The van der Waals surface area contributed by atoms with Gasteiger partial charge >= 0.3 is 154 Å². The van der Waals surface area contributed by atoms with Gasteiger partial charge in [0.1, 0.15) is 5.75 Å². The molecule has 1 aromatic carbocycles. The van der Waals surface area contributed by atoms with Crippen LogP contribution in [0.3, 0.4) is 0 Å². The van der Waals surface area contributed by atoms with Crippen molar-refractivity contribution < 1.29 is 164 Å². The zero-order valence-electron chi connectivity index (χ0n) is 14.5. The van der Waals surface area contributed by atoms with Crippen molar-refractivity contribution in [3.63, 3.8) is 0 Å². The quantitative estimate of drug-likeness (QED) is 0.225. The number of hydrogen-bond acceptors (Lipinski definition) is 4. The molecule has 0 spiro atoms. The first-order chi connectivity index (χ1) is 9.64. The first-order valence-electron chi connectivity index (χ1n) is 5.47. The minimum Gasteiger partial charge on any atom is -0.498 e. The van der Waals surface area contributed by atoms with Gasteiger partial charge in [-0.15, -0.1) is 17.3 Å². The third-order valence-electron chi connectivity index (χ3n) is 1.85. The summed E-state index contributed by atoms with van der Waals surface area (Å²) in [6.45, 7) is 6.75. The molecule has 3 nitrogen and oxygen atoms in total. The van der Waals surface area contributed by atoms with Crippen molar-refractivity contribution in [2.75, 3.05) is 19.5 Å². The first-order valence-corrected chi connectivity index (χ1v) is 6.32.